The molecule has 1 heterocycles. The summed E-state index contributed by atoms with van der Waals surface area (Å²) in [6, 6.07) is 11.7. The lowest BCUT2D eigenvalue weighted by atomic mass is 9.95. The molecule has 0 aliphatic carbocycles. The molecular weight excluding hydrogens is 252 g/mol. The van der Waals surface area contributed by atoms with Gasteiger partial charge >= 0.3 is 6.03 Å². The largest absolute Gasteiger partial charge is 0.335 e. The molecule has 1 aromatic carbocycles. The first-order chi connectivity index (χ1) is 9.56. The molecular formula is C15H20N4O. The second-order valence-electron chi connectivity index (χ2n) is 4.96. The van der Waals surface area contributed by atoms with Gasteiger partial charge in [-0.3, -0.25) is 10.00 Å². The summed E-state index contributed by atoms with van der Waals surface area (Å²) in [7, 11) is 1.81. The van der Waals surface area contributed by atoms with Crippen LogP contribution in [0.15, 0.2) is 42.6 Å². The highest BCUT2D eigenvalue weighted by Crippen LogP contribution is 2.18. The summed E-state index contributed by atoms with van der Waals surface area (Å²) in [6.45, 7) is 4.09. The third-order valence-corrected chi connectivity index (χ3v) is 3.39. The molecule has 0 fully saturated rings. The van der Waals surface area contributed by atoms with Gasteiger partial charge in [0.1, 0.15) is 0 Å². The maximum atomic E-state index is 11.9. The lowest BCUT2D eigenvalue weighted by Crippen LogP contribution is -2.39. The number of carbonyl (C=O) groups is 1. The minimum absolute atomic E-state index is 0.0288. The van der Waals surface area contributed by atoms with E-state index >= 15 is 0 Å². The van der Waals surface area contributed by atoms with Crippen LogP contribution in [0.5, 0.6) is 0 Å². The van der Waals surface area contributed by atoms with Crippen LogP contribution in [-0.4, -0.2) is 21.9 Å². The Bertz CT molecular complexity index is 564. The molecule has 0 saturated carbocycles. The molecule has 20 heavy (non-hydrogen) atoms. The van der Waals surface area contributed by atoms with Gasteiger partial charge in [0.05, 0.1) is 0 Å². The first-order valence-corrected chi connectivity index (χ1v) is 6.68. The van der Waals surface area contributed by atoms with E-state index in [-0.39, 0.29) is 18.0 Å². The van der Waals surface area contributed by atoms with Crippen molar-refractivity contribution in [3.8, 4) is 0 Å². The number of rotatable bonds is 4. The van der Waals surface area contributed by atoms with Gasteiger partial charge < -0.3 is 5.32 Å². The molecule has 2 rings (SSSR count). The van der Waals surface area contributed by atoms with Gasteiger partial charge in [-0.2, -0.15) is 5.10 Å². The molecule has 0 unspecified atom stereocenters. The number of carbonyl (C=O) groups excluding carboxylic acids is 1. The Kier molecular flexibility index (Phi) is 4.40. The van der Waals surface area contributed by atoms with E-state index < -0.39 is 0 Å². The van der Waals surface area contributed by atoms with Crippen LogP contribution in [-0.2, 0) is 7.05 Å². The Morgan fingerprint density at radius 3 is 2.50 bits per heavy atom. The van der Waals surface area contributed by atoms with Crippen LogP contribution in [0.25, 0.3) is 0 Å². The molecule has 2 N–H and O–H groups in total. The Balaban J connectivity index is 1.90. The minimum atomic E-state index is -0.237. The van der Waals surface area contributed by atoms with Gasteiger partial charge in [0.25, 0.3) is 0 Å². The molecule has 5 nitrogen and oxygen atoms in total. The van der Waals surface area contributed by atoms with Crippen LogP contribution >= 0.6 is 0 Å². The number of urea groups is 1. The van der Waals surface area contributed by atoms with Gasteiger partial charge in [-0.1, -0.05) is 37.3 Å². The van der Waals surface area contributed by atoms with Gasteiger partial charge in [0.2, 0.25) is 0 Å². The Morgan fingerprint density at radius 1 is 1.20 bits per heavy atom. The molecule has 2 amide bonds. The summed E-state index contributed by atoms with van der Waals surface area (Å²) in [4.78, 5) is 11.9. The molecule has 106 valence electrons. The van der Waals surface area contributed by atoms with Crippen molar-refractivity contribution in [3.63, 3.8) is 0 Å². The van der Waals surface area contributed by atoms with Crippen LogP contribution < -0.4 is 10.6 Å². The third-order valence-electron chi connectivity index (χ3n) is 3.39. The van der Waals surface area contributed by atoms with Gasteiger partial charge in [0, 0.05) is 31.3 Å². The third kappa shape index (κ3) is 3.60. The van der Waals surface area contributed by atoms with Crippen molar-refractivity contribution in [2.75, 3.05) is 5.32 Å². The van der Waals surface area contributed by atoms with E-state index in [0.29, 0.717) is 5.82 Å². The van der Waals surface area contributed by atoms with Crippen molar-refractivity contribution in [1.29, 1.82) is 0 Å². The van der Waals surface area contributed by atoms with E-state index in [1.165, 1.54) is 5.56 Å². The Morgan fingerprint density at radius 2 is 1.90 bits per heavy atom. The zero-order valence-electron chi connectivity index (χ0n) is 12.0. The molecule has 0 radical (unpaired) electrons. The highest BCUT2D eigenvalue weighted by atomic mass is 16.2. The van der Waals surface area contributed by atoms with Crippen molar-refractivity contribution < 1.29 is 4.79 Å². The Hall–Kier alpha value is -2.30. The quantitative estimate of drug-likeness (QED) is 0.899. The van der Waals surface area contributed by atoms with Crippen LogP contribution in [0.4, 0.5) is 10.6 Å². The van der Waals surface area contributed by atoms with Crippen molar-refractivity contribution in [2.45, 2.75) is 25.8 Å². The summed E-state index contributed by atoms with van der Waals surface area (Å²) in [5, 5.41) is 9.76. The fourth-order valence-corrected chi connectivity index (χ4v) is 2.01. The average molecular weight is 272 g/mol. The second-order valence-corrected chi connectivity index (χ2v) is 4.96. The maximum absolute atomic E-state index is 11.9. The van der Waals surface area contributed by atoms with E-state index in [4.69, 9.17) is 0 Å². The molecule has 0 aliphatic rings. The second kappa shape index (κ2) is 6.23. The summed E-state index contributed by atoms with van der Waals surface area (Å²) < 4.78 is 1.64. The predicted molar refractivity (Wildman–Crippen MR) is 79.7 cm³/mol. The number of aromatic nitrogens is 2. The average Bonchev–Trinajstić information content (AvgIpc) is 2.84. The van der Waals surface area contributed by atoms with Crippen LogP contribution in [0, 0.1) is 0 Å². The lowest BCUT2D eigenvalue weighted by Gasteiger charge is -2.21. The number of hydrogen-bond acceptors (Lipinski definition) is 2. The molecule has 0 bridgehead atoms. The topological polar surface area (TPSA) is 59.0 Å². The number of nitrogens with zero attached hydrogens (tertiary/aromatic N) is 2. The highest BCUT2D eigenvalue weighted by Gasteiger charge is 2.16. The zero-order valence-corrected chi connectivity index (χ0v) is 12.0. The standard InChI is InChI=1S/C15H20N4O/c1-11(13-7-5-4-6-8-13)12(2)16-15(20)17-14-9-10-19(3)18-14/h4-12H,1-3H3,(H2,16,17,18,20)/t11-,12+/m1/s1. The van der Waals surface area contributed by atoms with Crippen molar-refractivity contribution >= 4 is 11.8 Å². The van der Waals surface area contributed by atoms with Crippen molar-refractivity contribution in [2.24, 2.45) is 7.05 Å². The predicted octanol–water partition coefficient (Wildman–Crippen LogP) is 2.73. The summed E-state index contributed by atoms with van der Waals surface area (Å²) in [5.74, 6) is 0.787. The first kappa shape index (κ1) is 14.1. The SMILES string of the molecule is C[C@H](NC(=O)Nc1ccn(C)n1)[C@@H](C)c1ccccc1. The van der Waals surface area contributed by atoms with Crippen LogP contribution in [0.2, 0.25) is 0 Å². The number of anilines is 1. The zero-order chi connectivity index (χ0) is 14.5. The van der Waals surface area contributed by atoms with E-state index in [1.807, 2.05) is 32.2 Å². The van der Waals surface area contributed by atoms with E-state index in [1.54, 1.807) is 16.9 Å². The first-order valence-electron chi connectivity index (χ1n) is 6.68. The lowest BCUT2D eigenvalue weighted by molar-refractivity contribution is 0.247. The van der Waals surface area contributed by atoms with E-state index in [2.05, 4.69) is 34.8 Å². The van der Waals surface area contributed by atoms with E-state index in [9.17, 15) is 4.79 Å². The summed E-state index contributed by atoms with van der Waals surface area (Å²) >= 11 is 0. The van der Waals surface area contributed by atoms with Gasteiger partial charge in [-0.25, -0.2) is 4.79 Å². The molecule has 2 aromatic rings. The van der Waals surface area contributed by atoms with Crippen molar-refractivity contribution in [1.82, 2.24) is 15.1 Å². The van der Waals surface area contributed by atoms with Gasteiger partial charge in [-0.15, -0.1) is 0 Å². The fraction of sp³-hybridized carbons (Fsp3) is 0.333. The molecule has 0 spiro atoms. The number of hydrogen-bond donors (Lipinski definition) is 2. The summed E-state index contributed by atoms with van der Waals surface area (Å²) in [6.07, 6.45) is 1.78. The normalized spacial score (nSPS) is 13.6. The fourth-order valence-electron chi connectivity index (χ4n) is 2.01. The highest BCUT2D eigenvalue weighted by molar-refractivity contribution is 5.88. The molecule has 1 aromatic heterocycles. The van der Waals surface area contributed by atoms with Gasteiger partial charge in [-0.05, 0) is 12.5 Å². The number of nitrogens with one attached hydrogen (secondary N) is 2. The molecule has 5 heteroatoms. The number of amides is 2. The Labute approximate surface area is 119 Å². The molecule has 0 aliphatic heterocycles. The smallest absolute Gasteiger partial charge is 0.320 e. The number of aryl methyl sites for hydroxylation is 1. The van der Waals surface area contributed by atoms with E-state index in [0.717, 1.165) is 0 Å². The van der Waals surface area contributed by atoms with Crippen LogP contribution in [0.1, 0.15) is 25.3 Å². The molecule has 0 saturated heterocycles. The monoisotopic (exact) mass is 272 g/mol. The van der Waals surface area contributed by atoms with Crippen molar-refractivity contribution in [3.05, 3.63) is 48.2 Å². The van der Waals surface area contributed by atoms with Gasteiger partial charge in [0.15, 0.2) is 5.82 Å². The summed E-state index contributed by atoms with van der Waals surface area (Å²) in [5.41, 5.74) is 1.21. The molecule has 2 atom stereocenters. The maximum Gasteiger partial charge on any atom is 0.320 e. The number of benzene rings is 1. The minimum Gasteiger partial charge on any atom is -0.335 e. The van der Waals surface area contributed by atoms with Crippen LogP contribution in [0.3, 0.4) is 0 Å².